The quantitative estimate of drug-likeness (QED) is 0.675. The first-order valence-electron chi connectivity index (χ1n) is 5.62. The molecule has 1 aliphatic rings. The predicted molar refractivity (Wildman–Crippen MR) is 67.6 cm³/mol. The van der Waals surface area contributed by atoms with E-state index in [1.807, 2.05) is 0 Å². The summed E-state index contributed by atoms with van der Waals surface area (Å²) < 4.78 is 24.8. The van der Waals surface area contributed by atoms with Crippen molar-refractivity contribution in [3.05, 3.63) is 34.1 Å². The zero-order valence-electron chi connectivity index (χ0n) is 9.60. The molecule has 98 valence electrons. The lowest BCUT2D eigenvalue weighted by Gasteiger charge is -2.23. The second kappa shape index (κ2) is 5.43. The molecule has 1 heterocycles. The highest BCUT2D eigenvalue weighted by molar-refractivity contribution is 7.85. The number of rotatable bonds is 3. The summed E-state index contributed by atoms with van der Waals surface area (Å²) in [7, 11) is -0.806. The molecular formula is C11H13FN2O3S. The third-order valence-corrected chi connectivity index (χ3v) is 4.31. The maximum absolute atomic E-state index is 13.6. The van der Waals surface area contributed by atoms with E-state index < -0.39 is 21.5 Å². The number of nitro benzene ring substituents is 1. The molecule has 0 aliphatic carbocycles. The van der Waals surface area contributed by atoms with Crippen LogP contribution in [-0.2, 0) is 10.8 Å². The summed E-state index contributed by atoms with van der Waals surface area (Å²) in [6.07, 6.45) is 1.27. The van der Waals surface area contributed by atoms with Crippen LogP contribution in [0.5, 0.6) is 0 Å². The van der Waals surface area contributed by atoms with Crippen LogP contribution in [0.15, 0.2) is 18.2 Å². The number of benzene rings is 1. The molecule has 5 nitrogen and oxygen atoms in total. The average molecular weight is 272 g/mol. The molecule has 0 unspecified atom stereocenters. The van der Waals surface area contributed by atoms with Crippen LogP contribution < -0.4 is 5.32 Å². The van der Waals surface area contributed by atoms with E-state index in [-0.39, 0.29) is 17.4 Å². The first kappa shape index (κ1) is 12.9. The Bertz CT molecular complexity index is 485. The van der Waals surface area contributed by atoms with Gasteiger partial charge in [-0.3, -0.25) is 14.3 Å². The number of para-hydroxylation sites is 1. The number of nitrogens with zero attached hydrogens (tertiary/aromatic N) is 1. The van der Waals surface area contributed by atoms with Crippen LogP contribution in [0.2, 0.25) is 0 Å². The van der Waals surface area contributed by atoms with Crippen LogP contribution >= 0.6 is 0 Å². The fourth-order valence-electron chi connectivity index (χ4n) is 1.95. The van der Waals surface area contributed by atoms with Gasteiger partial charge in [0, 0.05) is 34.4 Å². The molecule has 18 heavy (non-hydrogen) atoms. The van der Waals surface area contributed by atoms with Gasteiger partial charge in [-0.25, -0.2) is 4.39 Å². The van der Waals surface area contributed by atoms with Gasteiger partial charge in [-0.05, 0) is 18.9 Å². The molecule has 0 spiro atoms. The minimum absolute atomic E-state index is 0.0571. The van der Waals surface area contributed by atoms with Crippen LogP contribution in [-0.4, -0.2) is 26.7 Å². The Morgan fingerprint density at radius 1 is 1.39 bits per heavy atom. The van der Waals surface area contributed by atoms with Gasteiger partial charge in [0.25, 0.3) is 5.69 Å². The molecular weight excluding hydrogens is 259 g/mol. The smallest absolute Gasteiger partial charge is 0.295 e. The summed E-state index contributed by atoms with van der Waals surface area (Å²) in [5, 5.41) is 13.7. The lowest BCUT2D eigenvalue weighted by molar-refractivity contribution is -0.384. The van der Waals surface area contributed by atoms with E-state index in [1.54, 1.807) is 0 Å². The summed E-state index contributed by atoms with van der Waals surface area (Å²) >= 11 is 0. The summed E-state index contributed by atoms with van der Waals surface area (Å²) in [5.41, 5.74) is -0.332. The summed E-state index contributed by atoms with van der Waals surface area (Å²) in [6.45, 7) is 0. The molecule has 2 rings (SSSR count). The van der Waals surface area contributed by atoms with Gasteiger partial charge in [-0.15, -0.1) is 0 Å². The Kier molecular flexibility index (Phi) is 3.90. The fourth-order valence-corrected chi connectivity index (χ4v) is 3.25. The van der Waals surface area contributed by atoms with E-state index in [2.05, 4.69) is 5.32 Å². The van der Waals surface area contributed by atoms with Crippen molar-refractivity contribution >= 4 is 22.2 Å². The van der Waals surface area contributed by atoms with Gasteiger partial charge in [-0.1, -0.05) is 6.07 Å². The second-order valence-electron chi connectivity index (χ2n) is 4.16. The summed E-state index contributed by atoms with van der Waals surface area (Å²) in [5.74, 6) is 0.482. The number of anilines is 1. The summed E-state index contributed by atoms with van der Waals surface area (Å²) in [4.78, 5) is 10.2. The maximum atomic E-state index is 13.6. The molecule has 1 aromatic rings. The minimum atomic E-state index is -0.806. The van der Waals surface area contributed by atoms with Gasteiger partial charge in [0.15, 0.2) is 5.82 Å². The van der Waals surface area contributed by atoms with Gasteiger partial charge < -0.3 is 5.32 Å². The number of nitro groups is 1. The Morgan fingerprint density at radius 3 is 2.67 bits per heavy atom. The highest BCUT2D eigenvalue weighted by Gasteiger charge is 2.23. The van der Waals surface area contributed by atoms with Crippen molar-refractivity contribution in [1.29, 1.82) is 0 Å². The number of hydrogen-bond acceptors (Lipinski definition) is 4. The van der Waals surface area contributed by atoms with Crippen LogP contribution in [0.25, 0.3) is 0 Å². The zero-order chi connectivity index (χ0) is 13.1. The molecule has 1 aromatic carbocycles. The zero-order valence-corrected chi connectivity index (χ0v) is 10.4. The Balaban J connectivity index is 2.18. The fraction of sp³-hybridized carbons (Fsp3) is 0.455. The van der Waals surface area contributed by atoms with Crippen molar-refractivity contribution in [2.75, 3.05) is 16.8 Å². The van der Waals surface area contributed by atoms with Gasteiger partial charge in [0.05, 0.1) is 4.92 Å². The van der Waals surface area contributed by atoms with Crippen molar-refractivity contribution in [3.8, 4) is 0 Å². The molecule has 1 N–H and O–H groups in total. The lowest BCUT2D eigenvalue weighted by Crippen LogP contribution is -2.30. The van der Waals surface area contributed by atoms with Crippen molar-refractivity contribution in [1.82, 2.24) is 0 Å². The number of nitrogens with one attached hydrogen (secondary N) is 1. The topological polar surface area (TPSA) is 72.2 Å². The van der Waals surface area contributed by atoms with Crippen molar-refractivity contribution < 1.29 is 13.5 Å². The molecule has 0 bridgehead atoms. The van der Waals surface area contributed by atoms with Crippen LogP contribution in [0, 0.1) is 15.9 Å². The molecule has 0 amide bonds. The van der Waals surface area contributed by atoms with Crippen LogP contribution in [0.4, 0.5) is 15.8 Å². The monoisotopic (exact) mass is 272 g/mol. The standard InChI is InChI=1S/C11H13FN2O3S/c12-9-2-1-3-10(14(15)16)11(9)13-8-4-6-18(17)7-5-8/h1-3,8,13H,4-7H2. The SMILES string of the molecule is O=[N+]([O-])c1cccc(F)c1NC1CCS(=O)CC1. The van der Waals surface area contributed by atoms with Gasteiger partial charge in [0.2, 0.25) is 0 Å². The lowest BCUT2D eigenvalue weighted by atomic mass is 10.1. The second-order valence-corrected chi connectivity index (χ2v) is 5.85. The van der Waals surface area contributed by atoms with Crippen molar-refractivity contribution in [3.63, 3.8) is 0 Å². The number of halogens is 1. The van der Waals surface area contributed by atoms with Gasteiger partial charge >= 0.3 is 0 Å². The van der Waals surface area contributed by atoms with E-state index in [0.717, 1.165) is 0 Å². The van der Waals surface area contributed by atoms with Gasteiger partial charge in [0.1, 0.15) is 5.69 Å². The Labute approximate surface area is 106 Å². The molecule has 0 aromatic heterocycles. The normalized spacial score (nSPS) is 23.6. The molecule has 0 saturated carbocycles. The third kappa shape index (κ3) is 2.84. The van der Waals surface area contributed by atoms with E-state index >= 15 is 0 Å². The highest BCUT2D eigenvalue weighted by Crippen LogP contribution is 2.29. The Morgan fingerprint density at radius 2 is 2.06 bits per heavy atom. The van der Waals surface area contributed by atoms with Crippen LogP contribution in [0.1, 0.15) is 12.8 Å². The van der Waals surface area contributed by atoms with Crippen molar-refractivity contribution in [2.45, 2.75) is 18.9 Å². The maximum Gasteiger partial charge on any atom is 0.295 e. The highest BCUT2D eigenvalue weighted by atomic mass is 32.2. The molecule has 0 atom stereocenters. The molecule has 1 aliphatic heterocycles. The largest absolute Gasteiger partial charge is 0.374 e. The van der Waals surface area contributed by atoms with E-state index in [4.69, 9.17) is 0 Å². The first-order chi connectivity index (χ1) is 8.58. The van der Waals surface area contributed by atoms with Crippen molar-refractivity contribution in [2.24, 2.45) is 0 Å². The summed E-state index contributed by atoms with van der Waals surface area (Å²) in [6, 6.07) is 3.72. The van der Waals surface area contributed by atoms with E-state index in [9.17, 15) is 18.7 Å². The van der Waals surface area contributed by atoms with E-state index in [0.29, 0.717) is 24.3 Å². The predicted octanol–water partition coefficient (Wildman–Crippen LogP) is 2.06. The average Bonchev–Trinajstić information content (AvgIpc) is 2.34. The van der Waals surface area contributed by atoms with Crippen LogP contribution in [0.3, 0.4) is 0 Å². The minimum Gasteiger partial charge on any atom is -0.374 e. The third-order valence-electron chi connectivity index (χ3n) is 2.92. The van der Waals surface area contributed by atoms with Gasteiger partial charge in [-0.2, -0.15) is 0 Å². The Hall–Kier alpha value is -1.50. The number of hydrogen-bond donors (Lipinski definition) is 1. The molecule has 1 fully saturated rings. The molecule has 7 heteroatoms. The molecule has 0 radical (unpaired) electrons. The molecule has 1 saturated heterocycles. The first-order valence-corrected chi connectivity index (χ1v) is 7.11. The van der Waals surface area contributed by atoms with E-state index in [1.165, 1.54) is 18.2 Å².